The third kappa shape index (κ3) is 2.61. The molecule has 0 radical (unpaired) electrons. The van der Waals surface area contributed by atoms with Gasteiger partial charge in [0.2, 0.25) is 0 Å². The number of aromatic hydroxyl groups is 1. The van der Waals surface area contributed by atoms with Crippen LogP contribution in [0.25, 0.3) is 21.9 Å². The first-order chi connectivity index (χ1) is 13.7. The summed E-state index contributed by atoms with van der Waals surface area (Å²) in [6, 6.07) is 17.0. The summed E-state index contributed by atoms with van der Waals surface area (Å²) in [5, 5.41) is 13.0. The predicted molar refractivity (Wildman–Crippen MR) is 120 cm³/mol. The number of fused-ring (bicyclic) bond motifs is 7. The van der Waals surface area contributed by atoms with E-state index in [1.165, 1.54) is 28.7 Å². The normalized spacial score (nSPS) is 20.4. The van der Waals surface area contributed by atoms with Crippen molar-refractivity contribution in [3.63, 3.8) is 0 Å². The number of hydrogen-bond acceptors (Lipinski definition) is 2. The zero-order valence-corrected chi connectivity index (χ0v) is 18.1. The summed E-state index contributed by atoms with van der Waals surface area (Å²) in [7, 11) is 1.67. The van der Waals surface area contributed by atoms with E-state index >= 15 is 0 Å². The Morgan fingerprint density at radius 1 is 0.793 bits per heavy atom. The second-order valence-electron chi connectivity index (χ2n) is 10.7. The SMILES string of the molecule is COc1ccc2c3c(cc(O)c2c1)C1(CC(C)(C)CC(C)(C)C1)c1ccccc1-3. The summed E-state index contributed by atoms with van der Waals surface area (Å²) in [6.07, 6.45) is 3.43. The third-order valence-electron chi connectivity index (χ3n) is 7.07. The molecule has 2 aliphatic carbocycles. The first-order valence-corrected chi connectivity index (χ1v) is 10.6. The molecule has 150 valence electrons. The van der Waals surface area contributed by atoms with Crippen LogP contribution in [0, 0.1) is 10.8 Å². The van der Waals surface area contributed by atoms with E-state index in [-0.39, 0.29) is 16.2 Å². The van der Waals surface area contributed by atoms with Gasteiger partial charge in [-0.15, -0.1) is 0 Å². The van der Waals surface area contributed by atoms with E-state index in [9.17, 15) is 5.11 Å². The fraction of sp³-hybridized carbons (Fsp3) is 0.407. The van der Waals surface area contributed by atoms with Crippen LogP contribution >= 0.6 is 0 Å². The van der Waals surface area contributed by atoms with Gasteiger partial charge in [-0.3, -0.25) is 0 Å². The first-order valence-electron chi connectivity index (χ1n) is 10.6. The molecule has 0 saturated heterocycles. The number of phenolic OH excluding ortho intramolecular Hbond substituents is 1. The van der Waals surface area contributed by atoms with Gasteiger partial charge in [0.05, 0.1) is 7.11 Å². The molecular weight excluding hydrogens is 356 g/mol. The van der Waals surface area contributed by atoms with Crippen molar-refractivity contribution in [2.45, 2.75) is 52.4 Å². The van der Waals surface area contributed by atoms with Gasteiger partial charge < -0.3 is 9.84 Å². The Balaban J connectivity index is 1.88. The van der Waals surface area contributed by atoms with Gasteiger partial charge in [-0.2, -0.15) is 0 Å². The molecule has 0 aromatic heterocycles. The van der Waals surface area contributed by atoms with Crippen LogP contribution in [0.1, 0.15) is 58.1 Å². The van der Waals surface area contributed by atoms with Crippen LogP contribution in [-0.2, 0) is 5.41 Å². The molecule has 29 heavy (non-hydrogen) atoms. The van der Waals surface area contributed by atoms with Crippen LogP contribution in [0.15, 0.2) is 48.5 Å². The molecule has 1 saturated carbocycles. The van der Waals surface area contributed by atoms with Crippen LogP contribution in [0.2, 0.25) is 0 Å². The number of benzene rings is 3. The number of phenols is 1. The Bertz CT molecular complexity index is 1120. The van der Waals surface area contributed by atoms with Crippen molar-refractivity contribution in [2.75, 3.05) is 7.11 Å². The molecule has 1 fully saturated rings. The van der Waals surface area contributed by atoms with E-state index in [2.05, 4.69) is 64.1 Å². The maximum Gasteiger partial charge on any atom is 0.123 e. The molecule has 1 spiro atoms. The maximum absolute atomic E-state index is 11.1. The Labute approximate surface area is 173 Å². The summed E-state index contributed by atoms with van der Waals surface area (Å²) >= 11 is 0. The van der Waals surface area contributed by atoms with Crippen LogP contribution in [0.3, 0.4) is 0 Å². The second kappa shape index (κ2) is 5.78. The van der Waals surface area contributed by atoms with Crippen LogP contribution < -0.4 is 4.74 Å². The van der Waals surface area contributed by atoms with Crippen LogP contribution in [0.5, 0.6) is 11.5 Å². The van der Waals surface area contributed by atoms with E-state index in [1.807, 2.05) is 12.1 Å². The Morgan fingerprint density at radius 2 is 1.48 bits per heavy atom. The van der Waals surface area contributed by atoms with Crippen LogP contribution in [0.4, 0.5) is 0 Å². The van der Waals surface area contributed by atoms with Gasteiger partial charge in [0.25, 0.3) is 0 Å². The molecule has 0 unspecified atom stereocenters. The number of methoxy groups -OCH3 is 1. The highest BCUT2D eigenvalue weighted by Crippen LogP contribution is 2.64. The lowest BCUT2D eigenvalue weighted by Gasteiger charge is -2.51. The Hall–Kier alpha value is -2.48. The Kier molecular flexibility index (Phi) is 3.70. The third-order valence-corrected chi connectivity index (χ3v) is 7.07. The number of ether oxygens (including phenoxy) is 1. The number of hydrogen-bond donors (Lipinski definition) is 1. The van der Waals surface area contributed by atoms with Crippen molar-refractivity contribution >= 4 is 10.8 Å². The molecule has 0 amide bonds. The number of rotatable bonds is 1. The summed E-state index contributed by atoms with van der Waals surface area (Å²) in [6.45, 7) is 9.62. The van der Waals surface area contributed by atoms with Crippen molar-refractivity contribution in [1.82, 2.24) is 0 Å². The molecule has 2 heteroatoms. The van der Waals surface area contributed by atoms with E-state index in [1.54, 1.807) is 7.11 Å². The van der Waals surface area contributed by atoms with Crippen molar-refractivity contribution in [1.29, 1.82) is 0 Å². The highest BCUT2D eigenvalue weighted by Gasteiger charge is 2.53. The zero-order valence-electron chi connectivity index (χ0n) is 18.1. The van der Waals surface area contributed by atoms with Gasteiger partial charge in [-0.25, -0.2) is 0 Å². The van der Waals surface area contributed by atoms with Gasteiger partial charge in [0.15, 0.2) is 0 Å². The van der Waals surface area contributed by atoms with Crippen molar-refractivity contribution in [2.24, 2.45) is 10.8 Å². The summed E-state index contributed by atoms with van der Waals surface area (Å²) in [5.41, 5.74) is 5.77. The van der Waals surface area contributed by atoms with Crippen molar-refractivity contribution < 1.29 is 9.84 Å². The predicted octanol–water partition coefficient (Wildman–Crippen LogP) is 7.06. The van der Waals surface area contributed by atoms with Gasteiger partial charge in [-0.1, -0.05) is 52.0 Å². The summed E-state index contributed by atoms with van der Waals surface area (Å²) in [5.74, 6) is 1.12. The molecule has 0 heterocycles. The molecule has 0 aliphatic heterocycles. The lowest BCUT2D eigenvalue weighted by molar-refractivity contribution is 0.0645. The minimum absolute atomic E-state index is 0.0528. The van der Waals surface area contributed by atoms with E-state index in [0.29, 0.717) is 5.75 Å². The highest BCUT2D eigenvalue weighted by atomic mass is 16.5. The monoisotopic (exact) mass is 386 g/mol. The second-order valence-corrected chi connectivity index (χ2v) is 10.7. The van der Waals surface area contributed by atoms with Gasteiger partial charge >= 0.3 is 0 Å². The molecule has 2 aliphatic rings. The molecule has 5 rings (SSSR count). The van der Waals surface area contributed by atoms with Gasteiger partial charge in [0.1, 0.15) is 11.5 Å². The maximum atomic E-state index is 11.1. The molecule has 3 aromatic rings. The van der Waals surface area contributed by atoms with E-state index in [4.69, 9.17) is 4.74 Å². The van der Waals surface area contributed by atoms with Gasteiger partial charge in [-0.05, 0) is 82.0 Å². The van der Waals surface area contributed by atoms with E-state index in [0.717, 1.165) is 29.4 Å². The highest BCUT2D eigenvalue weighted by molar-refractivity contribution is 6.05. The minimum atomic E-state index is -0.0528. The molecule has 0 bridgehead atoms. The fourth-order valence-corrected chi connectivity index (χ4v) is 6.94. The molecule has 1 N–H and O–H groups in total. The average Bonchev–Trinajstić information content (AvgIpc) is 2.88. The lowest BCUT2D eigenvalue weighted by Crippen LogP contribution is -2.43. The molecule has 2 nitrogen and oxygen atoms in total. The standard InChI is InChI=1S/C27H30O2/c1-25(2)14-26(3,4)16-27(15-25)21-9-7-6-8-19(21)24-18-11-10-17(29-5)12-20(18)23(28)13-22(24)27/h6-13,28H,14-16H2,1-5H3. The van der Waals surface area contributed by atoms with Crippen molar-refractivity contribution in [3.8, 4) is 22.6 Å². The van der Waals surface area contributed by atoms with Gasteiger partial charge in [0, 0.05) is 10.8 Å². The molecular formula is C27H30O2. The van der Waals surface area contributed by atoms with Crippen LogP contribution in [-0.4, -0.2) is 12.2 Å². The zero-order chi connectivity index (χ0) is 20.6. The van der Waals surface area contributed by atoms with E-state index < -0.39 is 0 Å². The molecule has 0 atom stereocenters. The topological polar surface area (TPSA) is 29.5 Å². The van der Waals surface area contributed by atoms with Crippen molar-refractivity contribution in [3.05, 3.63) is 59.7 Å². The Morgan fingerprint density at radius 3 is 2.17 bits per heavy atom. The minimum Gasteiger partial charge on any atom is -0.507 e. The largest absolute Gasteiger partial charge is 0.507 e. The quantitative estimate of drug-likeness (QED) is 0.485. The average molecular weight is 387 g/mol. The summed E-state index contributed by atoms with van der Waals surface area (Å²) < 4.78 is 5.42. The summed E-state index contributed by atoms with van der Waals surface area (Å²) in [4.78, 5) is 0. The smallest absolute Gasteiger partial charge is 0.123 e. The molecule has 3 aromatic carbocycles. The lowest BCUT2D eigenvalue weighted by atomic mass is 9.52. The first kappa shape index (κ1) is 18.5. The fourth-order valence-electron chi connectivity index (χ4n) is 6.94.